The second kappa shape index (κ2) is 10.3. The van der Waals surface area contributed by atoms with Crippen molar-refractivity contribution in [3.05, 3.63) is 35.9 Å². The van der Waals surface area contributed by atoms with Crippen LogP contribution in [-0.2, 0) is 20.9 Å². The molecule has 1 aromatic rings. The molecule has 0 saturated carbocycles. The molecule has 6 nitrogen and oxygen atoms in total. The van der Waals surface area contributed by atoms with Crippen LogP contribution < -0.4 is 10.6 Å². The van der Waals surface area contributed by atoms with Gasteiger partial charge in [0, 0.05) is 12.6 Å². The van der Waals surface area contributed by atoms with Gasteiger partial charge in [0.15, 0.2) is 0 Å². The molecule has 1 unspecified atom stereocenters. The largest absolute Gasteiger partial charge is 0.468 e. The van der Waals surface area contributed by atoms with Gasteiger partial charge >= 0.3 is 12.1 Å². The van der Waals surface area contributed by atoms with Crippen molar-refractivity contribution >= 4 is 36.9 Å². The van der Waals surface area contributed by atoms with E-state index in [1.54, 1.807) is 0 Å². The number of halogens is 2. The van der Waals surface area contributed by atoms with Crippen LogP contribution in [0.15, 0.2) is 30.3 Å². The quantitative estimate of drug-likeness (QED) is 0.807. The summed E-state index contributed by atoms with van der Waals surface area (Å²) in [7, 11) is 1.35. The molecule has 1 aliphatic rings. The Morgan fingerprint density at radius 3 is 2.59 bits per heavy atom. The summed E-state index contributed by atoms with van der Waals surface area (Å²) in [5.74, 6) is -0.313. The SMILES string of the molecule is COC(=O)C1C[C@H](NC(=O)OCc2ccccc2)CN1.Cl.Cl. The van der Waals surface area contributed by atoms with Crippen molar-refractivity contribution in [2.45, 2.75) is 25.1 Å². The fourth-order valence-electron chi connectivity index (χ4n) is 2.10. The molecular weight excluding hydrogens is 331 g/mol. The van der Waals surface area contributed by atoms with Crippen LogP contribution in [0.25, 0.3) is 0 Å². The molecule has 1 amide bonds. The van der Waals surface area contributed by atoms with Crippen LogP contribution >= 0.6 is 24.8 Å². The first-order chi connectivity index (χ1) is 9.69. The van der Waals surface area contributed by atoms with Crippen molar-refractivity contribution in [3.8, 4) is 0 Å². The third-order valence-corrected chi connectivity index (χ3v) is 3.15. The first-order valence-electron chi connectivity index (χ1n) is 6.47. The Kier molecular flexibility index (Phi) is 9.56. The average molecular weight is 351 g/mol. The zero-order chi connectivity index (χ0) is 14.4. The van der Waals surface area contributed by atoms with E-state index in [1.807, 2.05) is 30.3 Å². The number of carbonyl (C=O) groups excluding carboxylic acids is 2. The molecule has 22 heavy (non-hydrogen) atoms. The number of ether oxygens (including phenoxy) is 2. The Balaban J connectivity index is 0.00000220. The third-order valence-electron chi connectivity index (χ3n) is 3.15. The topological polar surface area (TPSA) is 76.7 Å². The van der Waals surface area contributed by atoms with E-state index in [2.05, 4.69) is 15.4 Å². The maximum atomic E-state index is 11.6. The van der Waals surface area contributed by atoms with Gasteiger partial charge in [0.2, 0.25) is 0 Å². The molecule has 0 bridgehead atoms. The summed E-state index contributed by atoms with van der Waals surface area (Å²) in [6.45, 7) is 0.757. The fraction of sp³-hybridized carbons (Fsp3) is 0.429. The van der Waals surface area contributed by atoms with E-state index in [0.29, 0.717) is 13.0 Å². The zero-order valence-corrected chi connectivity index (χ0v) is 13.7. The summed E-state index contributed by atoms with van der Waals surface area (Å²) < 4.78 is 9.77. The second-order valence-corrected chi connectivity index (χ2v) is 4.62. The predicted molar refractivity (Wildman–Crippen MR) is 86.5 cm³/mol. The number of hydrogen-bond donors (Lipinski definition) is 2. The fourth-order valence-corrected chi connectivity index (χ4v) is 2.10. The average Bonchev–Trinajstić information content (AvgIpc) is 2.94. The van der Waals surface area contributed by atoms with Gasteiger partial charge in [-0.05, 0) is 12.0 Å². The molecule has 8 heteroatoms. The third kappa shape index (κ3) is 6.09. The maximum absolute atomic E-state index is 11.6. The van der Waals surface area contributed by atoms with Crippen molar-refractivity contribution in [1.29, 1.82) is 0 Å². The highest BCUT2D eigenvalue weighted by Crippen LogP contribution is 2.08. The van der Waals surface area contributed by atoms with Crippen LogP contribution in [0.3, 0.4) is 0 Å². The summed E-state index contributed by atoms with van der Waals surface area (Å²) in [6.07, 6.45) is 0.0267. The van der Waals surface area contributed by atoms with E-state index in [9.17, 15) is 9.59 Å². The van der Waals surface area contributed by atoms with Crippen molar-refractivity contribution in [2.24, 2.45) is 0 Å². The highest BCUT2D eigenvalue weighted by atomic mass is 35.5. The molecular formula is C14H20Cl2N2O4. The highest BCUT2D eigenvalue weighted by Gasteiger charge is 2.31. The smallest absolute Gasteiger partial charge is 0.407 e. The molecule has 0 radical (unpaired) electrons. The van der Waals surface area contributed by atoms with Gasteiger partial charge in [0.1, 0.15) is 12.6 Å². The Labute approximate surface area is 141 Å². The van der Waals surface area contributed by atoms with Gasteiger partial charge in [-0.15, -0.1) is 24.8 Å². The molecule has 2 rings (SSSR count). The molecule has 1 fully saturated rings. The zero-order valence-electron chi connectivity index (χ0n) is 12.1. The lowest BCUT2D eigenvalue weighted by atomic mass is 10.2. The lowest BCUT2D eigenvalue weighted by Crippen LogP contribution is -2.36. The maximum Gasteiger partial charge on any atom is 0.407 e. The molecule has 1 aliphatic heterocycles. The molecule has 1 aromatic carbocycles. The number of benzene rings is 1. The summed E-state index contributed by atoms with van der Waals surface area (Å²) in [5, 5.41) is 5.72. The highest BCUT2D eigenvalue weighted by molar-refractivity contribution is 5.85. The van der Waals surface area contributed by atoms with Crippen molar-refractivity contribution in [2.75, 3.05) is 13.7 Å². The molecule has 124 valence electrons. The number of rotatable bonds is 4. The second-order valence-electron chi connectivity index (χ2n) is 4.62. The molecule has 0 aromatic heterocycles. The molecule has 0 aliphatic carbocycles. The van der Waals surface area contributed by atoms with E-state index >= 15 is 0 Å². The standard InChI is InChI=1S/C14H18N2O4.2ClH/c1-19-13(17)12-7-11(8-15-12)16-14(18)20-9-10-5-3-2-4-6-10;;/h2-6,11-12,15H,7-9H2,1H3,(H,16,18);2*1H/t11-,12?;;/m0../s1. The minimum absolute atomic E-state index is 0. The van der Waals surface area contributed by atoms with Gasteiger partial charge in [-0.3, -0.25) is 4.79 Å². The van der Waals surface area contributed by atoms with E-state index < -0.39 is 6.09 Å². The molecule has 2 N–H and O–H groups in total. The molecule has 1 saturated heterocycles. The van der Waals surface area contributed by atoms with Crippen molar-refractivity contribution in [3.63, 3.8) is 0 Å². The van der Waals surface area contributed by atoms with Crippen LogP contribution in [0, 0.1) is 0 Å². The molecule has 1 heterocycles. The van der Waals surface area contributed by atoms with Gasteiger partial charge in [0.05, 0.1) is 7.11 Å². The van der Waals surface area contributed by atoms with Gasteiger partial charge in [-0.2, -0.15) is 0 Å². The minimum Gasteiger partial charge on any atom is -0.468 e. The van der Waals surface area contributed by atoms with Crippen LogP contribution in [0.1, 0.15) is 12.0 Å². The number of alkyl carbamates (subject to hydrolysis) is 1. The molecule has 2 atom stereocenters. The number of hydrogen-bond acceptors (Lipinski definition) is 5. The normalized spacial score (nSPS) is 19.3. The minimum atomic E-state index is -0.480. The number of carbonyl (C=O) groups is 2. The van der Waals surface area contributed by atoms with Gasteiger partial charge in [-0.1, -0.05) is 30.3 Å². The Bertz CT molecular complexity index is 473. The first-order valence-corrected chi connectivity index (χ1v) is 6.47. The molecule has 0 spiro atoms. The monoisotopic (exact) mass is 350 g/mol. The van der Waals surface area contributed by atoms with Crippen LogP contribution in [-0.4, -0.2) is 37.8 Å². The number of esters is 1. The van der Waals surface area contributed by atoms with E-state index in [-0.39, 0.29) is 49.5 Å². The van der Waals surface area contributed by atoms with Crippen LogP contribution in [0.2, 0.25) is 0 Å². The number of nitrogens with one attached hydrogen (secondary N) is 2. The van der Waals surface area contributed by atoms with Crippen LogP contribution in [0.5, 0.6) is 0 Å². The van der Waals surface area contributed by atoms with Crippen LogP contribution in [0.4, 0.5) is 4.79 Å². The van der Waals surface area contributed by atoms with Gasteiger partial charge < -0.3 is 20.1 Å². The summed E-state index contributed by atoms with van der Waals surface area (Å²) in [5.41, 5.74) is 0.930. The van der Waals surface area contributed by atoms with E-state index in [4.69, 9.17) is 4.74 Å². The Morgan fingerprint density at radius 2 is 1.95 bits per heavy atom. The Hall–Kier alpha value is -1.50. The lowest BCUT2D eigenvalue weighted by molar-refractivity contribution is -0.142. The summed E-state index contributed by atoms with van der Waals surface area (Å²) in [6, 6.07) is 8.97. The lowest BCUT2D eigenvalue weighted by Gasteiger charge is -2.12. The first kappa shape index (κ1) is 20.5. The van der Waals surface area contributed by atoms with Gasteiger partial charge in [0.25, 0.3) is 0 Å². The Morgan fingerprint density at radius 1 is 1.27 bits per heavy atom. The predicted octanol–water partition coefficient (Wildman–Crippen LogP) is 1.66. The number of methoxy groups -OCH3 is 1. The van der Waals surface area contributed by atoms with E-state index in [0.717, 1.165) is 5.56 Å². The number of amides is 1. The summed E-state index contributed by atoms with van der Waals surface area (Å²) in [4.78, 5) is 23.0. The summed E-state index contributed by atoms with van der Waals surface area (Å²) >= 11 is 0. The van der Waals surface area contributed by atoms with Crippen molar-refractivity contribution in [1.82, 2.24) is 10.6 Å². The van der Waals surface area contributed by atoms with Crippen molar-refractivity contribution < 1.29 is 19.1 Å². The van der Waals surface area contributed by atoms with E-state index in [1.165, 1.54) is 7.11 Å². The van der Waals surface area contributed by atoms with Gasteiger partial charge in [-0.25, -0.2) is 4.79 Å².